The molecule has 26 heavy (non-hydrogen) atoms. The molecule has 0 radical (unpaired) electrons. The third-order valence-corrected chi connectivity index (χ3v) is 5.74. The number of carbonyl (C=O) groups is 1. The fourth-order valence-electron chi connectivity index (χ4n) is 3.79. The lowest BCUT2D eigenvalue weighted by atomic mass is 9.92. The second-order valence-electron chi connectivity index (χ2n) is 8.18. The molecule has 0 N–H and O–H groups in total. The Morgan fingerprint density at radius 2 is 1.92 bits per heavy atom. The topological polar surface area (TPSA) is 58.6 Å². The maximum atomic E-state index is 12.9. The van der Waals surface area contributed by atoms with Gasteiger partial charge in [-0.2, -0.15) is 0 Å². The maximum Gasteiger partial charge on any atom is 0.229 e. The number of rotatable bonds is 3. The standard InChI is InChI=1S/C19H29ClN4O2/c1-12-8-24(9-13(2)26-12)17-15-10-23(18(25)19(4,5)11-20)7-6-16(15)21-14(3)22-17/h12-13H,6-11H2,1-5H3. The molecule has 0 aliphatic carbocycles. The fraction of sp³-hybridized carbons (Fsp3) is 0.737. The molecule has 2 atom stereocenters. The molecular weight excluding hydrogens is 352 g/mol. The number of morpholine rings is 1. The second-order valence-corrected chi connectivity index (χ2v) is 8.44. The van der Waals surface area contributed by atoms with E-state index in [-0.39, 0.29) is 18.1 Å². The largest absolute Gasteiger partial charge is 0.372 e. The van der Waals surface area contributed by atoms with E-state index >= 15 is 0 Å². The van der Waals surface area contributed by atoms with Gasteiger partial charge in [0.15, 0.2) is 0 Å². The molecule has 3 heterocycles. The number of aryl methyl sites for hydroxylation is 1. The van der Waals surface area contributed by atoms with Gasteiger partial charge in [0, 0.05) is 37.5 Å². The smallest absolute Gasteiger partial charge is 0.229 e. The summed E-state index contributed by atoms with van der Waals surface area (Å²) in [5, 5.41) is 0. The molecule has 1 saturated heterocycles. The Morgan fingerprint density at radius 1 is 1.27 bits per heavy atom. The van der Waals surface area contributed by atoms with Gasteiger partial charge in [-0.15, -0.1) is 11.6 Å². The first-order valence-corrected chi connectivity index (χ1v) is 9.87. The van der Waals surface area contributed by atoms with E-state index in [0.29, 0.717) is 19.0 Å². The Bertz CT molecular complexity index is 684. The van der Waals surface area contributed by atoms with Gasteiger partial charge < -0.3 is 14.5 Å². The number of aromatic nitrogens is 2. The van der Waals surface area contributed by atoms with Gasteiger partial charge in [0.2, 0.25) is 5.91 Å². The lowest BCUT2D eigenvalue weighted by Gasteiger charge is -2.39. The molecular formula is C19H29ClN4O2. The summed E-state index contributed by atoms with van der Waals surface area (Å²) in [5.41, 5.74) is 1.57. The third-order valence-electron chi connectivity index (χ3n) is 5.07. The molecule has 1 amide bonds. The van der Waals surface area contributed by atoms with Crippen molar-refractivity contribution in [3.63, 3.8) is 0 Å². The van der Waals surface area contributed by atoms with Gasteiger partial charge in [0.25, 0.3) is 0 Å². The molecule has 6 nitrogen and oxygen atoms in total. The van der Waals surface area contributed by atoms with Crippen LogP contribution in [0.4, 0.5) is 5.82 Å². The summed E-state index contributed by atoms with van der Waals surface area (Å²) in [5.74, 6) is 2.14. The van der Waals surface area contributed by atoms with E-state index in [1.165, 1.54) is 0 Å². The quantitative estimate of drug-likeness (QED) is 0.754. The lowest BCUT2D eigenvalue weighted by Crippen LogP contribution is -2.48. The Labute approximate surface area is 160 Å². The highest BCUT2D eigenvalue weighted by Crippen LogP contribution is 2.31. The van der Waals surface area contributed by atoms with Crippen LogP contribution in [0.3, 0.4) is 0 Å². The van der Waals surface area contributed by atoms with Crippen LogP contribution in [0.1, 0.15) is 44.8 Å². The van der Waals surface area contributed by atoms with Gasteiger partial charge in [-0.25, -0.2) is 9.97 Å². The number of nitrogens with zero attached hydrogens (tertiary/aromatic N) is 4. The molecule has 144 valence electrons. The highest BCUT2D eigenvalue weighted by Gasteiger charge is 2.35. The van der Waals surface area contributed by atoms with Crippen LogP contribution >= 0.6 is 11.6 Å². The van der Waals surface area contributed by atoms with E-state index in [4.69, 9.17) is 21.3 Å². The van der Waals surface area contributed by atoms with E-state index in [1.807, 2.05) is 25.7 Å². The zero-order chi connectivity index (χ0) is 19.1. The average molecular weight is 381 g/mol. The minimum atomic E-state index is -0.563. The van der Waals surface area contributed by atoms with Crippen LogP contribution in [0.2, 0.25) is 0 Å². The molecule has 1 aromatic heterocycles. The Kier molecular flexibility index (Phi) is 5.45. The summed E-state index contributed by atoms with van der Waals surface area (Å²) in [6.07, 6.45) is 1.06. The summed E-state index contributed by atoms with van der Waals surface area (Å²) in [6, 6.07) is 0. The monoisotopic (exact) mass is 380 g/mol. The van der Waals surface area contributed by atoms with Crippen LogP contribution in [-0.4, -0.2) is 58.5 Å². The van der Waals surface area contributed by atoms with Crippen molar-refractivity contribution < 1.29 is 9.53 Å². The average Bonchev–Trinajstić information content (AvgIpc) is 2.59. The van der Waals surface area contributed by atoms with Gasteiger partial charge in [-0.05, 0) is 34.6 Å². The SMILES string of the molecule is Cc1nc2c(c(N3CC(C)OC(C)C3)n1)CN(C(=O)C(C)(C)CCl)CC2. The molecule has 2 aliphatic rings. The first kappa shape index (κ1) is 19.4. The summed E-state index contributed by atoms with van der Waals surface area (Å²) < 4.78 is 5.87. The van der Waals surface area contributed by atoms with E-state index < -0.39 is 5.41 Å². The summed E-state index contributed by atoms with van der Waals surface area (Å²) in [4.78, 5) is 26.5. The van der Waals surface area contributed by atoms with Crippen LogP contribution in [0, 0.1) is 12.3 Å². The van der Waals surface area contributed by atoms with Gasteiger partial charge >= 0.3 is 0 Å². The molecule has 0 bridgehead atoms. The Hall–Kier alpha value is -1.40. The van der Waals surface area contributed by atoms with Crippen molar-refractivity contribution in [3.05, 3.63) is 17.1 Å². The fourth-order valence-corrected chi connectivity index (χ4v) is 3.90. The predicted octanol–water partition coefficient (Wildman–Crippen LogP) is 2.55. The maximum absolute atomic E-state index is 12.9. The van der Waals surface area contributed by atoms with Gasteiger partial charge in [0.1, 0.15) is 11.6 Å². The number of halogens is 1. The number of hydrogen-bond acceptors (Lipinski definition) is 5. The van der Waals surface area contributed by atoms with Crippen LogP contribution in [0.15, 0.2) is 0 Å². The normalized spacial score (nSPS) is 23.8. The van der Waals surface area contributed by atoms with Crippen molar-refractivity contribution in [2.75, 3.05) is 30.4 Å². The highest BCUT2D eigenvalue weighted by atomic mass is 35.5. The molecule has 7 heteroatoms. The minimum Gasteiger partial charge on any atom is -0.372 e. The van der Waals surface area contributed by atoms with Crippen LogP contribution < -0.4 is 4.90 Å². The van der Waals surface area contributed by atoms with Crippen molar-refractivity contribution in [1.82, 2.24) is 14.9 Å². The number of fused-ring (bicyclic) bond motifs is 1. The summed E-state index contributed by atoms with van der Waals surface area (Å²) >= 11 is 6.02. The van der Waals surface area contributed by atoms with E-state index in [0.717, 1.165) is 42.4 Å². The Balaban J connectivity index is 1.92. The second kappa shape index (κ2) is 7.31. The summed E-state index contributed by atoms with van der Waals surface area (Å²) in [6.45, 7) is 12.7. The van der Waals surface area contributed by atoms with E-state index in [2.05, 4.69) is 23.7 Å². The number of carbonyl (C=O) groups excluding carboxylic acids is 1. The van der Waals surface area contributed by atoms with Crippen molar-refractivity contribution in [3.8, 4) is 0 Å². The van der Waals surface area contributed by atoms with E-state index in [9.17, 15) is 4.79 Å². The number of ether oxygens (including phenoxy) is 1. The molecule has 2 unspecified atom stereocenters. The number of anilines is 1. The van der Waals surface area contributed by atoms with Crippen molar-refractivity contribution >= 4 is 23.3 Å². The highest BCUT2D eigenvalue weighted by molar-refractivity contribution is 6.19. The van der Waals surface area contributed by atoms with Crippen molar-refractivity contribution in [2.24, 2.45) is 5.41 Å². The Morgan fingerprint density at radius 3 is 2.54 bits per heavy atom. The van der Waals surface area contributed by atoms with Crippen molar-refractivity contribution in [1.29, 1.82) is 0 Å². The van der Waals surface area contributed by atoms with Crippen molar-refractivity contribution in [2.45, 2.75) is 59.8 Å². The minimum absolute atomic E-state index is 0.0911. The zero-order valence-electron chi connectivity index (χ0n) is 16.4. The number of hydrogen-bond donors (Lipinski definition) is 0. The molecule has 0 aromatic carbocycles. The lowest BCUT2D eigenvalue weighted by molar-refractivity contribution is -0.140. The zero-order valence-corrected chi connectivity index (χ0v) is 17.1. The molecule has 2 aliphatic heterocycles. The number of alkyl halides is 1. The van der Waals surface area contributed by atoms with Crippen LogP contribution in [0.25, 0.3) is 0 Å². The van der Waals surface area contributed by atoms with Crippen LogP contribution in [0.5, 0.6) is 0 Å². The van der Waals surface area contributed by atoms with Gasteiger partial charge in [0.05, 0.1) is 29.9 Å². The molecule has 0 spiro atoms. The van der Waals surface area contributed by atoms with Gasteiger partial charge in [-0.1, -0.05) is 0 Å². The molecule has 1 aromatic rings. The first-order valence-electron chi connectivity index (χ1n) is 9.33. The predicted molar refractivity (Wildman–Crippen MR) is 103 cm³/mol. The molecule has 3 rings (SSSR count). The van der Waals surface area contributed by atoms with E-state index in [1.54, 1.807) is 0 Å². The molecule has 0 saturated carbocycles. The third kappa shape index (κ3) is 3.81. The van der Waals surface area contributed by atoms with Crippen LogP contribution in [-0.2, 0) is 22.5 Å². The first-order chi connectivity index (χ1) is 12.2. The summed E-state index contributed by atoms with van der Waals surface area (Å²) in [7, 11) is 0. The van der Waals surface area contributed by atoms with Gasteiger partial charge in [-0.3, -0.25) is 4.79 Å². The molecule has 1 fully saturated rings. The number of amides is 1.